The van der Waals surface area contributed by atoms with Gasteiger partial charge in [0.15, 0.2) is 0 Å². The van der Waals surface area contributed by atoms with Crippen LogP contribution in [0.1, 0.15) is 46.0 Å². The maximum absolute atomic E-state index is 13.9. The standard InChI is InChI=1S/C26H37F6N4OP/c1-6-22(26(30,31)32)24(35-18(3)34-19-11-13-20(14-12-19)38(4,5)37)36-23-10-8-7-9-21(23)17(2)33-16-15-25(27,28)29/h6,11-14,18,21,23,33-34H,2,7-10,15-16H2,1,3-5H3,(H,35,36)/b22-6+. The average Bonchev–Trinajstić information content (AvgIpc) is 2.77. The third-order valence-corrected chi connectivity index (χ3v) is 7.87. The zero-order valence-corrected chi connectivity index (χ0v) is 23.0. The highest BCUT2D eigenvalue weighted by Gasteiger charge is 2.39. The van der Waals surface area contributed by atoms with E-state index in [0.29, 0.717) is 29.5 Å². The van der Waals surface area contributed by atoms with Gasteiger partial charge in [0.25, 0.3) is 0 Å². The fourth-order valence-electron chi connectivity index (χ4n) is 4.40. The first-order valence-electron chi connectivity index (χ1n) is 12.5. The van der Waals surface area contributed by atoms with Crippen molar-refractivity contribution < 1.29 is 30.9 Å². The Hall–Kier alpha value is -2.42. The van der Waals surface area contributed by atoms with Crippen LogP contribution in [0.5, 0.6) is 0 Å². The number of hydrogen-bond donors (Lipinski definition) is 3. The topological polar surface area (TPSA) is 65.5 Å². The lowest BCUT2D eigenvalue weighted by Crippen LogP contribution is -2.47. The molecule has 0 amide bonds. The largest absolute Gasteiger partial charge is 0.419 e. The fraction of sp³-hybridized carbons (Fsp3) is 0.577. The Morgan fingerprint density at radius 3 is 2.26 bits per heavy atom. The molecule has 0 radical (unpaired) electrons. The molecule has 2 rings (SSSR count). The van der Waals surface area contributed by atoms with E-state index in [-0.39, 0.29) is 18.3 Å². The molecule has 3 unspecified atom stereocenters. The predicted molar refractivity (Wildman–Crippen MR) is 143 cm³/mol. The van der Waals surface area contributed by atoms with Crippen molar-refractivity contribution in [3.8, 4) is 0 Å². The van der Waals surface area contributed by atoms with E-state index in [1.807, 2.05) is 0 Å². The molecular formula is C26H37F6N4OP. The lowest BCUT2D eigenvalue weighted by molar-refractivity contribution is -0.133. The van der Waals surface area contributed by atoms with Gasteiger partial charge in [-0.2, -0.15) is 26.3 Å². The van der Waals surface area contributed by atoms with Crippen LogP contribution < -0.4 is 21.3 Å². The van der Waals surface area contributed by atoms with E-state index < -0.39 is 43.7 Å². The van der Waals surface area contributed by atoms with Crippen molar-refractivity contribution in [3.63, 3.8) is 0 Å². The molecule has 214 valence electrons. The number of rotatable bonds is 10. The van der Waals surface area contributed by atoms with Crippen LogP contribution in [0.4, 0.5) is 32.0 Å². The van der Waals surface area contributed by atoms with Crippen molar-refractivity contribution in [2.45, 2.75) is 70.5 Å². The van der Waals surface area contributed by atoms with E-state index in [1.54, 1.807) is 44.5 Å². The maximum Gasteiger partial charge on any atom is 0.419 e. The quantitative estimate of drug-likeness (QED) is 0.126. The summed E-state index contributed by atoms with van der Waals surface area (Å²) < 4.78 is 91.7. The first kappa shape index (κ1) is 31.8. The second kappa shape index (κ2) is 13.1. The molecule has 3 atom stereocenters. The summed E-state index contributed by atoms with van der Waals surface area (Å²) in [6.45, 7) is 9.72. The molecule has 0 saturated heterocycles. The van der Waals surface area contributed by atoms with Crippen LogP contribution in [-0.4, -0.2) is 50.3 Å². The molecule has 1 aliphatic carbocycles. The maximum atomic E-state index is 13.9. The van der Waals surface area contributed by atoms with Gasteiger partial charge in [-0.3, -0.25) is 0 Å². The van der Waals surface area contributed by atoms with Crippen LogP contribution in [-0.2, 0) is 4.57 Å². The Kier molecular flexibility index (Phi) is 11.0. The summed E-state index contributed by atoms with van der Waals surface area (Å²) >= 11 is 0. The highest BCUT2D eigenvalue weighted by atomic mass is 31.2. The lowest BCUT2D eigenvalue weighted by atomic mass is 9.82. The van der Waals surface area contributed by atoms with Gasteiger partial charge in [-0.1, -0.05) is 25.5 Å². The van der Waals surface area contributed by atoms with Gasteiger partial charge in [-0.15, -0.1) is 0 Å². The van der Waals surface area contributed by atoms with Gasteiger partial charge in [0.2, 0.25) is 0 Å². The van der Waals surface area contributed by atoms with Crippen molar-refractivity contribution >= 4 is 24.0 Å². The first-order chi connectivity index (χ1) is 17.5. The van der Waals surface area contributed by atoms with Crippen molar-refractivity contribution in [2.24, 2.45) is 10.9 Å². The highest BCUT2D eigenvalue weighted by molar-refractivity contribution is 7.70. The van der Waals surface area contributed by atoms with Gasteiger partial charge < -0.3 is 20.5 Å². The van der Waals surface area contributed by atoms with Crippen molar-refractivity contribution in [3.05, 3.63) is 48.2 Å². The number of hydrogen-bond acceptors (Lipinski definition) is 4. The third-order valence-electron chi connectivity index (χ3n) is 6.33. The van der Waals surface area contributed by atoms with E-state index in [4.69, 9.17) is 0 Å². The molecule has 12 heteroatoms. The monoisotopic (exact) mass is 566 g/mol. The molecular weight excluding hydrogens is 529 g/mol. The molecule has 0 bridgehead atoms. The zero-order valence-electron chi connectivity index (χ0n) is 22.1. The van der Waals surface area contributed by atoms with Crippen molar-refractivity contribution in [2.75, 3.05) is 25.2 Å². The van der Waals surface area contributed by atoms with Crippen molar-refractivity contribution in [1.29, 1.82) is 0 Å². The van der Waals surface area contributed by atoms with Crippen LogP contribution in [0.2, 0.25) is 0 Å². The molecule has 38 heavy (non-hydrogen) atoms. The normalized spacial score (nSPS) is 20.6. The summed E-state index contributed by atoms with van der Waals surface area (Å²) in [5, 5.41) is 9.40. The van der Waals surface area contributed by atoms with E-state index in [1.165, 1.54) is 6.92 Å². The molecule has 1 fully saturated rings. The summed E-state index contributed by atoms with van der Waals surface area (Å²) in [5.41, 5.74) is 0.0410. The van der Waals surface area contributed by atoms with Crippen LogP contribution in [0.3, 0.4) is 0 Å². The van der Waals surface area contributed by atoms with Gasteiger partial charge in [0.05, 0.1) is 12.0 Å². The van der Waals surface area contributed by atoms with E-state index in [9.17, 15) is 30.9 Å². The summed E-state index contributed by atoms with van der Waals surface area (Å²) in [6.07, 6.45) is -7.17. The van der Waals surface area contributed by atoms with Crippen LogP contribution >= 0.6 is 7.14 Å². The summed E-state index contributed by atoms with van der Waals surface area (Å²) in [5.74, 6) is -0.702. The molecule has 1 saturated carbocycles. The second-order valence-corrected chi connectivity index (χ2v) is 13.1. The van der Waals surface area contributed by atoms with Gasteiger partial charge in [-0.25, -0.2) is 4.99 Å². The molecule has 0 heterocycles. The number of allylic oxidation sites excluding steroid dienone is 1. The molecule has 1 aromatic carbocycles. The number of alkyl halides is 6. The van der Waals surface area contributed by atoms with E-state index >= 15 is 0 Å². The Balaban J connectivity index is 2.26. The van der Waals surface area contributed by atoms with Crippen molar-refractivity contribution in [1.82, 2.24) is 10.6 Å². The molecule has 0 aliphatic heterocycles. The van der Waals surface area contributed by atoms with E-state index in [0.717, 1.165) is 18.9 Å². The van der Waals surface area contributed by atoms with Gasteiger partial charge >= 0.3 is 12.4 Å². The number of halogens is 6. The minimum atomic E-state index is -4.67. The zero-order chi connectivity index (χ0) is 28.7. The second-order valence-electron chi connectivity index (χ2n) is 9.85. The average molecular weight is 567 g/mol. The smallest absolute Gasteiger partial charge is 0.388 e. The number of amidine groups is 1. The number of aliphatic imine (C=N–C) groups is 1. The molecule has 3 N–H and O–H groups in total. The number of nitrogens with one attached hydrogen (secondary N) is 3. The SMILES string of the molecule is C=C(NCCC(F)(F)F)C1CCCCC1NC(=N/C(C)Nc1ccc(P(C)(C)=O)cc1)/C(=C\C)C(F)(F)F. The van der Waals surface area contributed by atoms with Gasteiger partial charge in [0.1, 0.15) is 19.1 Å². The molecule has 0 aromatic heterocycles. The van der Waals surface area contributed by atoms with Gasteiger partial charge in [-0.05, 0) is 64.3 Å². The Morgan fingerprint density at radius 1 is 1.13 bits per heavy atom. The van der Waals surface area contributed by atoms with E-state index in [2.05, 4.69) is 27.5 Å². The van der Waals surface area contributed by atoms with Crippen LogP contribution in [0.25, 0.3) is 0 Å². The molecule has 1 aromatic rings. The van der Waals surface area contributed by atoms with Gasteiger partial charge in [0, 0.05) is 35.2 Å². The summed E-state index contributed by atoms with van der Waals surface area (Å²) in [7, 11) is -2.45. The Morgan fingerprint density at radius 2 is 1.74 bits per heavy atom. The lowest BCUT2D eigenvalue weighted by Gasteiger charge is -2.35. The molecule has 5 nitrogen and oxygen atoms in total. The molecule has 1 aliphatic rings. The highest BCUT2D eigenvalue weighted by Crippen LogP contribution is 2.35. The predicted octanol–water partition coefficient (Wildman–Crippen LogP) is 6.80. The van der Waals surface area contributed by atoms with Crippen LogP contribution in [0.15, 0.2) is 53.2 Å². The number of nitrogens with zero attached hydrogens (tertiary/aromatic N) is 1. The molecule has 0 spiro atoms. The third kappa shape index (κ3) is 10.0. The Labute approximate surface area is 220 Å². The first-order valence-corrected chi connectivity index (χ1v) is 15.1. The number of anilines is 1. The minimum absolute atomic E-state index is 0.344. The summed E-state index contributed by atoms with van der Waals surface area (Å²) in [6, 6.07) is 6.32. The minimum Gasteiger partial charge on any atom is -0.388 e. The Bertz CT molecular complexity index is 1040. The van der Waals surface area contributed by atoms with Crippen LogP contribution in [0, 0.1) is 5.92 Å². The number of benzene rings is 1. The summed E-state index contributed by atoms with van der Waals surface area (Å²) in [4.78, 5) is 4.32. The fourth-order valence-corrected chi connectivity index (χ4v) is 5.26.